The molecule has 0 radical (unpaired) electrons. The minimum absolute atomic E-state index is 0.133. The van der Waals surface area contributed by atoms with Crippen molar-refractivity contribution < 1.29 is 4.79 Å². The van der Waals surface area contributed by atoms with Gasteiger partial charge < -0.3 is 9.47 Å². The molecule has 1 fully saturated rings. The highest BCUT2D eigenvalue weighted by Crippen LogP contribution is 2.34. The number of benzene rings is 2. The number of imidazole rings is 1. The Bertz CT molecular complexity index is 1000. The number of para-hydroxylation sites is 2. The van der Waals surface area contributed by atoms with Crippen molar-refractivity contribution in [2.45, 2.75) is 65.3 Å². The largest absolute Gasteiger partial charge is 0.327 e. The standard InChI is InChI=1S/C26H33N3O/c1-4-6-9-20-12-14-22(15-13-20)28-18-21(16-25(28)30)26-27-23-10-7-8-11-24(23)29(26)17-19(3)5-2/h7-8,10-15,19,21H,4-6,9,16-18H2,1-3H3. The van der Waals surface area contributed by atoms with E-state index in [1.807, 2.05) is 11.0 Å². The van der Waals surface area contributed by atoms with Gasteiger partial charge in [0.15, 0.2) is 0 Å². The number of carbonyl (C=O) groups excluding carboxylic acids is 1. The molecule has 1 aromatic heterocycles. The lowest BCUT2D eigenvalue weighted by Crippen LogP contribution is -2.24. The van der Waals surface area contributed by atoms with Crippen LogP contribution in [0.25, 0.3) is 11.0 Å². The molecule has 2 heterocycles. The highest BCUT2D eigenvalue weighted by atomic mass is 16.2. The Morgan fingerprint density at radius 3 is 2.60 bits per heavy atom. The zero-order valence-electron chi connectivity index (χ0n) is 18.5. The number of rotatable bonds is 8. The van der Waals surface area contributed by atoms with Crippen molar-refractivity contribution in [2.24, 2.45) is 5.92 Å². The van der Waals surface area contributed by atoms with E-state index in [2.05, 4.69) is 67.8 Å². The first-order valence-electron chi connectivity index (χ1n) is 11.4. The molecular weight excluding hydrogens is 370 g/mol. The van der Waals surface area contributed by atoms with Gasteiger partial charge in [-0.05, 0) is 48.6 Å². The maximum absolute atomic E-state index is 12.9. The zero-order valence-corrected chi connectivity index (χ0v) is 18.5. The van der Waals surface area contributed by atoms with Crippen molar-refractivity contribution in [3.63, 3.8) is 0 Å². The van der Waals surface area contributed by atoms with Crippen LogP contribution in [0.5, 0.6) is 0 Å². The van der Waals surface area contributed by atoms with Crippen LogP contribution in [0.1, 0.15) is 63.8 Å². The van der Waals surface area contributed by atoms with Crippen LogP contribution >= 0.6 is 0 Å². The van der Waals surface area contributed by atoms with E-state index >= 15 is 0 Å². The number of anilines is 1. The van der Waals surface area contributed by atoms with Crippen molar-refractivity contribution in [1.29, 1.82) is 0 Å². The van der Waals surface area contributed by atoms with Crippen LogP contribution in [-0.2, 0) is 17.8 Å². The van der Waals surface area contributed by atoms with E-state index in [1.54, 1.807) is 0 Å². The summed E-state index contributed by atoms with van der Waals surface area (Å²) in [5, 5.41) is 0. The molecule has 4 rings (SSSR count). The van der Waals surface area contributed by atoms with Crippen molar-refractivity contribution in [1.82, 2.24) is 9.55 Å². The Labute approximate surface area is 179 Å². The van der Waals surface area contributed by atoms with Crippen LogP contribution in [0.3, 0.4) is 0 Å². The minimum Gasteiger partial charge on any atom is -0.327 e. The Morgan fingerprint density at radius 1 is 1.10 bits per heavy atom. The van der Waals surface area contributed by atoms with E-state index in [0.29, 0.717) is 18.9 Å². The summed E-state index contributed by atoms with van der Waals surface area (Å²) in [6.07, 6.45) is 5.17. The summed E-state index contributed by atoms with van der Waals surface area (Å²) in [7, 11) is 0. The number of hydrogen-bond donors (Lipinski definition) is 0. The summed E-state index contributed by atoms with van der Waals surface area (Å²) in [5.74, 6) is 1.97. The molecule has 1 saturated heterocycles. The number of amides is 1. The Morgan fingerprint density at radius 2 is 1.87 bits per heavy atom. The fourth-order valence-corrected chi connectivity index (χ4v) is 4.39. The highest BCUT2D eigenvalue weighted by molar-refractivity contribution is 5.96. The second kappa shape index (κ2) is 9.03. The van der Waals surface area contributed by atoms with E-state index in [-0.39, 0.29) is 11.8 Å². The fraction of sp³-hybridized carbons (Fsp3) is 0.462. The Hall–Kier alpha value is -2.62. The number of carbonyl (C=O) groups is 1. The van der Waals surface area contributed by atoms with Crippen molar-refractivity contribution in [3.8, 4) is 0 Å². The lowest BCUT2D eigenvalue weighted by Gasteiger charge is -2.19. The molecule has 0 aliphatic carbocycles. The summed E-state index contributed by atoms with van der Waals surface area (Å²) in [6.45, 7) is 8.38. The highest BCUT2D eigenvalue weighted by Gasteiger charge is 2.35. The summed E-state index contributed by atoms with van der Waals surface area (Å²) in [5.41, 5.74) is 4.56. The molecule has 158 valence electrons. The molecule has 4 heteroatoms. The quantitative estimate of drug-likeness (QED) is 0.466. The lowest BCUT2D eigenvalue weighted by molar-refractivity contribution is -0.117. The van der Waals surface area contributed by atoms with Crippen LogP contribution in [0.2, 0.25) is 0 Å². The molecule has 1 aliphatic rings. The van der Waals surface area contributed by atoms with Gasteiger partial charge in [-0.15, -0.1) is 0 Å². The molecule has 4 nitrogen and oxygen atoms in total. The number of fused-ring (bicyclic) bond motifs is 1. The van der Waals surface area contributed by atoms with Gasteiger partial charge in [0.05, 0.1) is 11.0 Å². The van der Waals surface area contributed by atoms with Gasteiger partial charge in [-0.1, -0.05) is 57.9 Å². The molecule has 0 saturated carbocycles. The van der Waals surface area contributed by atoms with Crippen LogP contribution < -0.4 is 4.90 Å². The normalized spacial score (nSPS) is 17.8. The van der Waals surface area contributed by atoms with E-state index < -0.39 is 0 Å². The molecular formula is C26H33N3O. The lowest BCUT2D eigenvalue weighted by atomic mass is 10.1. The maximum Gasteiger partial charge on any atom is 0.227 e. The van der Waals surface area contributed by atoms with E-state index in [9.17, 15) is 4.79 Å². The summed E-state index contributed by atoms with van der Waals surface area (Å²) in [4.78, 5) is 19.8. The molecule has 0 N–H and O–H groups in total. The predicted octanol–water partition coefficient (Wildman–Crippen LogP) is 5.95. The first-order chi connectivity index (χ1) is 14.6. The summed E-state index contributed by atoms with van der Waals surface area (Å²) >= 11 is 0. The average Bonchev–Trinajstić information content (AvgIpc) is 3.33. The van der Waals surface area contributed by atoms with Gasteiger partial charge in [0.1, 0.15) is 5.82 Å². The molecule has 3 aromatic rings. The number of nitrogens with zero attached hydrogens (tertiary/aromatic N) is 3. The van der Waals surface area contributed by atoms with Gasteiger partial charge in [-0.3, -0.25) is 4.79 Å². The van der Waals surface area contributed by atoms with Crippen LogP contribution in [0.15, 0.2) is 48.5 Å². The van der Waals surface area contributed by atoms with Crippen LogP contribution in [0, 0.1) is 5.92 Å². The molecule has 0 bridgehead atoms. The molecule has 0 spiro atoms. The van der Waals surface area contributed by atoms with Crippen LogP contribution in [0.4, 0.5) is 5.69 Å². The topological polar surface area (TPSA) is 38.1 Å². The fourth-order valence-electron chi connectivity index (χ4n) is 4.39. The summed E-state index contributed by atoms with van der Waals surface area (Å²) in [6, 6.07) is 16.9. The second-order valence-corrected chi connectivity index (χ2v) is 8.76. The van der Waals surface area contributed by atoms with Gasteiger partial charge in [-0.25, -0.2) is 4.98 Å². The average molecular weight is 404 g/mol. The Balaban J connectivity index is 1.59. The van der Waals surface area contributed by atoms with Gasteiger partial charge in [-0.2, -0.15) is 0 Å². The monoisotopic (exact) mass is 403 g/mol. The first-order valence-corrected chi connectivity index (χ1v) is 11.4. The predicted molar refractivity (Wildman–Crippen MR) is 124 cm³/mol. The Kier molecular flexibility index (Phi) is 6.21. The number of aryl methyl sites for hydroxylation is 1. The third-order valence-corrected chi connectivity index (χ3v) is 6.43. The van der Waals surface area contributed by atoms with E-state index in [0.717, 1.165) is 36.4 Å². The smallest absolute Gasteiger partial charge is 0.227 e. The van der Waals surface area contributed by atoms with E-state index in [1.165, 1.54) is 23.9 Å². The number of hydrogen-bond acceptors (Lipinski definition) is 2. The maximum atomic E-state index is 12.9. The van der Waals surface area contributed by atoms with Crippen molar-refractivity contribution in [2.75, 3.05) is 11.4 Å². The molecule has 2 aromatic carbocycles. The number of aromatic nitrogens is 2. The van der Waals surface area contributed by atoms with Gasteiger partial charge in [0.2, 0.25) is 5.91 Å². The van der Waals surface area contributed by atoms with Crippen LogP contribution in [-0.4, -0.2) is 22.0 Å². The van der Waals surface area contributed by atoms with Gasteiger partial charge in [0.25, 0.3) is 0 Å². The van der Waals surface area contributed by atoms with Gasteiger partial charge >= 0.3 is 0 Å². The van der Waals surface area contributed by atoms with E-state index in [4.69, 9.17) is 4.98 Å². The first kappa shape index (κ1) is 20.6. The molecule has 1 aliphatic heterocycles. The minimum atomic E-state index is 0.133. The molecule has 30 heavy (non-hydrogen) atoms. The molecule has 1 amide bonds. The van der Waals surface area contributed by atoms with Gasteiger partial charge in [0, 0.05) is 31.1 Å². The van der Waals surface area contributed by atoms with Crippen molar-refractivity contribution >= 4 is 22.6 Å². The third kappa shape index (κ3) is 4.14. The second-order valence-electron chi connectivity index (χ2n) is 8.76. The molecule has 2 unspecified atom stereocenters. The summed E-state index contributed by atoms with van der Waals surface area (Å²) < 4.78 is 2.36. The van der Waals surface area contributed by atoms with Crippen molar-refractivity contribution in [3.05, 3.63) is 59.9 Å². The zero-order chi connectivity index (χ0) is 21.1. The number of unbranched alkanes of at least 4 members (excludes halogenated alkanes) is 1. The molecule has 2 atom stereocenters. The SMILES string of the molecule is CCCCc1ccc(N2CC(c3nc4ccccc4n3CC(C)CC)CC2=O)cc1. The third-order valence-electron chi connectivity index (χ3n) is 6.43.